The van der Waals surface area contributed by atoms with E-state index in [9.17, 15) is 4.79 Å². The van der Waals surface area contributed by atoms with Gasteiger partial charge in [-0.15, -0.1) is 0 Å². The zero-order valence-corrected chi connectivity index (χ0v) is 13.4. The summed E-state index contributed by atoms with van der Waals surface area (Å²) in [4.78, 5) is 22.6. The van der Waals surface area contributed by atoms with Crippen LogP contribution in [0.4, 0.5) is 5.82 Å². The van der Waals surface area contributed by atoms with Crippen molar-refractivity contribution in [2.75, 3.05) is 31.7 Å². The number of rotatable bonds is 3. The van der Waals surface area contributed by atoms with Gasteiger partial charge in [-0.2, -0.15) is 5.10 Å². The van der Waals surface area contributed by atoms with Crippen molar-refractivity contribution in [1.29, 1.82) is 0 Å². The molecular weight excluding hydrogens is 298 g/mol. The molecule has 0 bridgehead atoms. The predicted molar refractivity (Wildman–Crippen MR) is 82.3 cm³/mol. The number of morpholine rings is 1. The molecule has 1 aliphatic heterocycles. The number of nitrogens with zero attached hydrogens (tertiary/aromatic N) is 4. The topological polar surface area (TPSA) is 93.2 Å². The summed E-state index contributed by atoms with van der Waals surface area (Å²) in [7, 11) is 1.36. The number of anilines is 1. The van der Waals surface area contributed by atoms with E-state index >= 15 is 0 Å². The third kappa shape index (κ3) is 3.16. The molecule has 0 spiro atoms. The predicted octanol–water partition coefficient (Wildman–Crippen LogP) is 1.18. The number of hydrogen-bond donors (Lipinski definition) is 1. The van der Waals surface area contributed by atoms with Crippen LogP contribution in [0.3, 0.4) is 0 Å². The van der Waals surface area contributed by atoms with Gasteiger partial charge in [0.1, 0.15) is 17.7 Å². The van der Waals surface area contributed by atoms with E-state index < -0.39 is 0 Å². The number of carbonyl (C=O) groups excluding carboxylic acids is 1. The molecule has 0 aromatic carbocycles. The molecule has 1 N–H and O–H groups in total. The minimum absolute atomic E-state index is 0.198. The minimum Gasteiger partial charge on any atom is -0.465 e. The number of ether oxygens (including phenoxy) is 2. The van der Waals surface area contributed by atoms with Crippen LogP contribution in [0.15, 0.2) is 12.1 Å². The Labute approximate surface area is 133 Å². The van der Waals surface area contributed by atoms with Gasteiger partial charge in [0.2, 0.25) is 0 Å². The summed E-state index contributed by atoms with van der Waals surface area (Å²) < 4.78 is 10.5. The molecule has 0 aliphatic carbocycles. The van der Waals surface area contributed by atoms with Gasteiger partial charge in [-0.3, -0.25) is 5.10 Å². The van der Waals surface area contributed by atoms with Gasteiger partial charge in [0.05, 0.1) is 31.5 Å². The fourth-order valence-corrected chi connectivity index (χ4v) is 2.57. The van der Waals surface area contributed by atoms with E-state index in [1.165, 1.54) is 7.11 Å². The Bertz CT molecular complexity index is 715. The lowest BCUT2D eigenvalue weighted by atomic mass is 10.2. The average Bonchev–Trinajstić information content (AvgIpc) is 3.01. The van der Waals surface area contributed by atoms with Crippen molar-refractivity contribution in [3.8, 4) is 0 Å². The lowest BCUT2D eigenvalue weighted by Crippen LogP contribution is -2.39. The quantitative estimate of drug-likeness (QED) is 0.850. The van der Waals surface area contributed by atoms with Crippen molar-refractivity contribution in [3.63, 3.8) is 0 Å². The minimum atomic E-state index is -0.377. The number of methoxy groups -OCH3 is 1. The summed E-state index contributed by atoms with van der Waals surface area (Å²) in [5.41, 5.74) is 1.12. The first-order valence-corrected chi connectivity index (χ1v) is 7.40. The van der Waals surface area contributed by atoms with E-state index in [2.05, 4.69) is 25.1 Å². The number of H-pyrrole nitrogens is 1. The van der Waals surface area contributed by atoms with Crippen LogP contribution < -0.4 is 4.90 Å². The maximum absolute atomic E-state index is 11.6. The molecular formula is C15H19N5O3. The smallest absolute Gasteiger partial charge is 0.339 e. The van der Waals surface area contributed by atoms with Gasteiger partial charge in [-0.05, 0) is 26.0 Å². The summed E-state index contributed by atoms with van der Waals surface area (Å²) in [5, 5.41) is 6.99. The number of nitrogens with one attached hydrogen (secondary N) is 1. The molecule has 2 aromatic rings. The molecule has 8 nitrogen and oxygen atoms in total. The molecule has 0 amide bonds. The second-order valence-corrected chi connectivity index (χ2v) is 5.38. The largest absolute Gasteiger partial charge is 0.465 e. The number of aryl methyl sites for hydroxylation is 2. The van der Waals surface area contributed by atoms with Gasteiger partial charge >= 0.3 is 5.97 Å². The normalized spacial score (nSPS) is 18.0. The van der Waals surface area contributed by atoms with Gasteiger partial charge in [0.25, 0.3) is 0 Å². The van der Waals surface area contributed by atoms with E-state index in [-0.39, 0.29) is 12.1 Å². The second kappa shape index (κ2) is 6.33. The van der Waals surface area contributed by atoms with E-state index in [0.717, 1.165) is 18.2 Å². The van der Waals surface area contributed by atoms with Crippen molar-refractivity contribution in [3.05, 3.63) is 35.0 Å². The van der Waals surface area contributed by atoms with Crippen LogP contribution in [0.2, 0.25) is 0 Å². The number of aromatic nitrogens is 4. The third-order valence-electron chi connectivity index (χ3n) is 3.77. The Hall–Kier alpha value is -2.48. The van der Waals surface area contributed by atoms with Crippen molar-refractivity contribution < 1.29 is 14.3 Å². The fraction of sp³-hybridized carbons (Fsp3) is 0.467. The van der Waals surface area contributed by atoms with Crippen molar-refractivity contribution in [2.24, 2.45) is 0 Å². The summed E-state index contributed by atoms with van der Waals surface area (Å²) >= 11 is 0. The molecule has 1 unspecified atom stereocenters. The van der Waals surface area contributed by atoms with Gasteiger partial charge in [0, 0.05) is 6.54 Å². The second-order valence-electron chi connectivity index (χ2n) is 5.38. The van der Waals surface area contributed by atoms with E-state index in [1.807, 2.05) is 13.0 Å². The Balaban J connectivity index is 1.78. The van der Waals surface area contributed by atoms with Crippen molar-refractivity contribution >= 4 is 11.8 Å². The third-order valence-corrected chi connectivity index (χ3v) is 3.77. The molecule has 1 saturated heterocycles. The molecule has 0 saturated carbocycles. The van der Waals surface area contributed by atoms with Gasteiger partial charge < -0.3 is 14.4 Å². The maximum atomic E-state index is 11.6. The summed E-state index contributed by atoms with van der Waals surface area (Å²) in [6.45, 7) is 5.56. The number of carbonyl (C=O) groups is 1. The first-order chi connectivity index (χ1) is 11.1. The van der Waals surface area contributed by atoms with Crippen LogP contribution in [0.5, 0.6) is 0 Å². The molecule has 8 heteroatoms. The summed E-state index contributed by atoms with van der Waals surface area (Å²) in [6, 6.07) is 3.57. The number of pyridine rings is 1. The Morgan fingerprint density at radius 1 is 1.39 bits per heavy atom. The van der Waals surface area contributed by atoms with Gasteiger partial charge in [-0.25, -0.2) is 14.8 Å². The Morgan fingerprint density at radius 3 is 2.87 bits per heavy atom. The molecule has 1 aliphatic rings. The van der Waals surface area contributed by atoms with Crippen LogP contribution in [0, 0.1) is 13.8 Å². The zero-order chi connectivity index (χ0) is 16.4. The van der Waals surface area contributed by atoms with Crippen LogP contribution in [0.25, 0.3) is 0 Å². The lowest BCUT2D eigenvalue weighted by Gasteiger charge is -2.32. The highest BCUT2D eigenvalue weighted by Gasteiger charge is 2.26. The Kier molecular flexibility index (Phi) is 4.24. The summed E-state index contributed by atoms with van der Waals surface area (Å²) in [6.07, 6.45) is -0.198. The molecule has 2 aromatic heterocycles. The van der Waals surface area contributed by atoms with Crippen molar-refractivity contribution in [2.45, 2.75) is 20.0 Å². The molecule has 1 fully saturated rings. The molecule has 122 valence electrons. The highest BCUT2D eigenvalue weighted by atomic mass is 16.5. The molecule has 3 rings (SSSR count). The Morgan fingerprint density at radius 2 is 2.22 bits per heavy atom. The maximum Gasteiger partial charge on any atom is 0.339 e. The van der Waals surface area contributed by atoms with Crippen molar-refractivity contribution in [1.82, 2.24) is 20.2 Å². The average molecular weight is 317 g/mol. The summed E-state index contributed by atoms with van der Waals surface area (Å²) in [5.74, 6) is 1.83. The van der Waals surface area contributed by atoms with Crippen LogP contribution in [-0.2, 0) is 9.47 Å². The number of esters is 1. The monoisotopic (exact) mass is 317 g/mol. The molecule has 1 atom stereocenters. The lowest BCUT2D eigenvalue weighted by molar-refractivity contribution is 0.0339. The van der Waals surface area contributed by atoms with E-state index in [4.69, 9.17) is 9.47 Å². The number of hydrogen-bond acceptors (Lipinski definition) is 7. The van der Waals surface area contributed by atoms with E-state index in [0.29, 0.717) is 30.2 Å². The standard InChI is InChI=1S/C15H19N5O3/c1-9-11(15(21)22-3)4-5-13(16-9)20-6-7-23-12(8-20)14-17-10(2)18-19-14/h4-5,12H,6-8H2,1-3H3,(H,17,18,19). The molecule has 3 heterocycles. The molecule has 23 heavy (non-hydrogen) atoms. The highest BCUT2D eigenvalue weighted by Crippen LogP contribution is 2.24. The highest BCUT2D eigenvalue weighted by molar-refractivity contribution is 5.90. The SMILES string of the molecule is COC(=O)c1ccc(N2CCOC(c3n[nH]c(C)n3)C2)nc1C. The van der Waals surface area contributed by atoms with Crippen LogP contribution >= 0.6 is 0 Å². The van der Waals surface area contributed by atoms with Gasteiger partial charge in [0.15, 0.2) is 5.82 Å². The molecule has 0 radical (unpaired) electrons. The van der Waals surface area contributed by atoms with Gasteiger partial charge in [-0.1, -0.05) is 0 Å². The fourth-order valence-electron chi connectivity index (χ4n) is 2.57. The van der Waals surface area contributed by atoms with Crippen LogP contribution in [-0.4, -0.2) is 52.9 Å². The van der Waals surface area contributed by atoms with E-state index in [1.54, 1.807) is 13.0 Å². The first-order valence-electron chi connectivity index (χ1n) is 7.40. The zero-order valence-electron chi connectivity index (χ0n) is 13.4. The first kappa shape index (κ1) is 15.4. The van der Waals surface area contributed by atoms with Crippen LogP contribution in [0.1, 0.15) is 33.8 Å². The number of aromatic amines is 1.